The van der Waals surface area contributed by atoms with Gasteiger partial charge in [-0.3, -0.25) is 9.78 Å². The molecule has 0 bridgehead atoms. The van der Waals surface area contributed by atoms with E-state index in [1.807, 2.05) is 11.0 Å². The van der Waals surface area contributed by atoms with Gasteiger partial charge in [-0.1, -0.05) is 13.8 Å². The molecule has 1 aromatic heterocycles. The van der Waals surface area contributed by atoms with Crippen molar-refractivity contribution in [1.82, 2.24) is 9.88 Å². The minimum absolute atomic E-state index is 0.0887. The van der Waals surface area contributed by atoms with Crippen molar-refractivity contribution in [2.75, 3.05) is 13.1 Å². The van der Waals surface area contributed by atoms with Gasteiger partial charge >= 0.3 is 0 Å². The summed E-state index contributed by atoms with van der Waals surface area (Å²) in [6.07, 6.45) is 5.00. The van der Waals surface area contributed by atoms with Gasteiger partial charge in [-0.25, -0.2) is 0 Å². The maximum Gasteiger partial charge on any atom is 0.255 e. The van der Waals surface area contributed by atoms with Crippen molar-refractivity contribution in [2.45, 2.75) is 39.2 Å². The predicted molar refractivity (Wildman–Crippen MR) is 78.5 cm³/mol. The summed E-state index contributed by atoms with van der Waals surface area (Å²) < 4.78 is 0. The van der Waals surface area contributed by atoms with Crippen LogP contribution in [0.1, 0.15) is 41.9 Å². The molecule has 0 radical (unpaired) electrons. The number of amides is 1. The summed E-state index contributed by atoms with van der Waals surface area (Å²) in [5.74, 6) is 1.01. The standard InChI is InChI=1S/C16H23N3O/c1-10(2)13-8-19(9-14(13)17)16(20)12-6-11-4-3-5-15(11)18-7-12/h6-7,10,13-14H,3-5,8-9,17H2,1-2H3/t13-,14+/m1/s1. The molecule has 0 aromatic carbocycles. The molecule has 0 spiro atoms. The highest BCUT2D eigenvalue weighted by Gasteiger charge is 2.35. The lowest BCUT2D eigenvalue weighted by molar-refractivity contribution is 0.0782. The van der Waals surface area contributed by atoms with E-state index in [0.717, 1.165) is 31.4 Å². The van der Waals surface area contributed by atoms with E-state index in [1.165, 1.54) is 11.3 Å². The van der Waals surface area contributed by atoms with Gasteiger partial charge in [0.1, 0.15) is 0 Å². The summed E-state index contributed by atoms with van der Waals surface area (Å²) in [5, 5.41) is 0. The Morgan fingerprint density at radius 1 is 1.40 bits per heavy atom. The molecule has 1 amide bonds. The van der Waals surface area contributed by atoms with Crippen LogP contribution in [0.25, 0.3) is 0 Å². The Kier molecular flexibility index (Phi) is 3.50. The number of fused-ring (bicyclic) bond motifs is 1. The van der Waals surface area contributed by atoms with E-state index in [4.69, 9.17) is 5.73 Å². The molecule has 20 heavy (non-hydrogen) atoms. The van der Waals surface area contributed by atoms with Crippen molar-refractivity contribution >= 4 is 5.91 Å². The third kappa shape index (κ3) is 2.33. The Morgan fingerprint density at radius 2 is 2.20 bits per heavy atom. The molecule has 4 heteroatoms. The molecule has 2 aliphatic rings. The number of carbonyl (C=O) groups is 1. The second kappa shape index (κ2) is 5.17. The molecule has 4 nitrogen and oxygen atoms in total. The quantitative estimate of drug-likeness (QED) is 0.891. The van der Waals surface area contributed by atoms with Crippen molar-refractivity contribution in [2.24, 2.45) is 17.6 Å². The van der Waals surface area contributed by atoms with Crippen molar-refractivity contribution in [3.05, 3.63) is 29.1 Å². The first-order chi connectivity index (χ1) is 9.56. The molecule has 1 aliphatic carbocycles. The van der Waals surface area contributed by atoms with Crippen molar-refractivity contribution in [3.8, 4) is 0 Å². The lowest BCUT2D eigenvalue weighted by Crippen LogP contribution is -2.33. The van der Waals surface area contributed by atoms with Gasteiger partial charge < -0.3 is 10.6 Å². The van der Waals surface area contributed by atoms with Crippen LogP contribution >= 0.6 is 0 Å². The SMILES string of the molecule is CC(C)[C@H]1CN(C(=O)c2cnc3c(c2)CCC3)C[C@@H]1N. The normalized spacial score (nSPS) is 25.3. The van der Waals surface area contributed by atoms with Crippen LogP contribution in [0.5, 0.6) is 0 Å². The van der Waals surface area contributed by atoms with E-state index in [-0.39, 0.29) is 11.9 Å². The Morgan fingerprint density at radius 3 is 2.90 bits per heavy atom. The summed E-state index contributed by atoms with van der Waals surface area (Å²) in [6.45, 7) is 5.79. The lowest BCUT2D eigenvalue weighted by Gasteiger charge is -2.18. The minimum Gasteiger partial charge on any atom is -0.337 e. The fourth-order valence-corrected chi connectivity index (χ4v) is 3.45. The van der Waals surface area contributed by atoms with Crippen molar-refractivity contribution < 1.29 is 4.79 Å². The number of hydrogen-bond donors (Lipinski definition) is 1. The van der Waals surface area contributed by atoms with Gasteiger partial charge in [-0.2, -0.15) is 0 Å². The van der Waals surface area contributed by atoms with Crippen LogP contribution in [-0.2, 0) is 12.8 Å². The number of nitrogens with two attached hydrogens (primary N) is 1. The molecule has 2 heterocycles. The zero-order valence-electron chi connectivity index (χ0n) is 12.3. The van der Waals surface area contributed by atoms with E-state index in [0.29, 0.717) is 18.4 Å². The largest absolute Gasteiger partial charge is 0.337 e. The highest BCUT2D eigenvalue weighted by molar-refractivity contribution is 5.94. The topological polar surface area (TPSA) is 59.2 Å². The molecule has 1 aromatic rings. The number of pyridine rings is 1. The van der Waals surface area contributed by atoms with E-state index in [9.17, 15) is 4.79 Å². The summed E-state index contributed by atoms with van der Waals surface area (Å²) >= 11 is 0. The highest BCUT2D eigenvalue weighted by atomic mass is 16.2. The molecule has 3 rings (SSSR count). The van der Waals surface area contributed by atoms with E-state index < -0.39 is 0 Å². The van der Waals surface area contributed by atoms with Gasteiger partial charge in [0.2, 0.25) is 0 Å². The monoisotopic (exact) mass is 273 g/mol. The maximum absolute atomic E-state index is 12.6. The smallest absolute Gasteiger partial charge is 0.255 e. The first-order valence-electron chi connectivity index (χ1n) is 7.59. The van der Waals surface area contributed by atoms with Crippen LogP contribution in [-0.4, -0.2) is 34.9 Å². The van der Waals surface area contributed by atoms with E-state index in [2.05, 4.69) is 18.8 Å². The number of hydrogen-bond acceptors (Lipinski definition) is 3. The van der Waals surface area contributed by atoms with Gasteiger partial charge in [-0.05, 0) is 42.7 Å². The van der Waals surface area contributed by atoms with Gasteiger partial charge in [0, 0.05) is 31.0 Å². The lowest BCUT2D eigenvalue weighted by atomic mass is 9.92. The average Bonchev–Trinajstić information content (AvgIpc) is 3.02. The molecule has 0 unspecified atom stereocenters. The zero-order valence-corrected chi connectivity index (χ0v) is 12.3. The highest BCUT2D eigenvalue weighted by Crippen LogP contribution is 2.26. The minimum atomic E-state index is 0.0887. The fourth-order valence-electron chi connectivity index (χ4n) is 3.45. The fraction of sp³-hybridized carbons (Fsp3) is 0.625. The van der Waals surface area contributed by atoms with Crippen molar-refractivity contribution in [1.29, 1.82) is 0 Å². The van der Waals surface area contributed by atoms with E-state index >= 15 is 0 Å². The van der Waals surface area contributed by atoms with Crippen LogP contribution in [0.15, 0.2) is 12.3 Å². The van der Waals surface area contributed by atoms with Crippen LogP contribution in [0.2, 0.25) is 0 Å². The maximum atomic E-state index is 12.6. The summed E-state index contributed by atoms with van der Waals surface area (Å²) in [5.41, 5.74) is 9.31. The molecule has 1 aliphatic heterocycles. The zero-order chi connectivity index (χ0) is 14.3. The number of aromatic nitrogens is 1. The first-order valence-corrected chi connectivity index (χ1v) is 7.59. The number of rotatable bonds is 2. The molecular weight excluding hydrogens is 250 g/mol. The van der Waals surface area contributed by atoms with Gasteiger partial charge in [0.05, 0.1) is 5.56 Å². The van der Waals surface area contributed by atoms with Crippen LogP contribution < -0.4 is 5.73 Å². The van der Waals surface area contributed by atoms with Crippen molar-refractivity contribution in [3.63, 3.8) is 0 Å². The van der Waals surface area contributed by atoms with Crippen LogP contribution in [0.3, 0.4) is 0 Å². The van der Waals surface area contributed by atoms with Gasteiger partial charge in [0.25, 0.3) is 5.91 Å². The average molecular weight is 273 g/mol. The third-order valence-electron chi connectivity index (χ3n) is 4.72. The van der Waals surface area contributed by atoms with Gasteiger partial charge in [-0.15, -0.1) is 0 Å². The predicted octanol–water partition coefficient (Wildman–Crippen LogP) is 1.63. The third-order valence-corrected chi connectivity index (χ3v) is 4.72. The Labute approximate surface area is 120 Å². The molecule has 1 saturated heterocycles. The first kappa shape index (κ1) is 13.6. The molecule has 108 valence electrons. The number of aryl methyl sites for hydroxylation is 2. The second-order valence-electron chi connectivity index (χ2n) is 6.47. The Hall–Kier alpha value is -1.42. The van der Waals surface area contributed by atoms with E-state index in [1.54, 1.807) is 6.20 Å². The Bertz CT molecular complexity index is 526. The summed E-state index contributed by atoms with van der Waals surface area (Å²) in [7, 11) is 0. The number of nitrogens with zero attached hydrogens (tertiary/aromatic N) is 2. The molecule has 0 saturated carbocycles. The van der Waals surface area contributed by atoms with Crippen LogP contribution in [0.4, 0.5) is 0 Å². The Balaban J connectivity index is 1.77. The van der Waals surface area contributed by atoms with Gasteiger partial charge in [0.15, 0.2) is 0 Å². The molecule has 1 fully saturated rings. The number of carbonyl (C=O) groups excluding carboxylic acids is 1. The second-order valence-corrected chi connectivity index (χ2v) is 6.47. The molecule has 2 atom stereocenters. The summed E-state index contributed by atoms with van der Waals surface area (Å²) in [6, 6.07) is 2.13. The summed E-state index contributed by atoms with van der Waals surface area (Å²) in [4.78, 5) is 18.9. The van der Waals surface area contributed by atoms with Crippen LogP contribution in [0, 0.1) is 11.8 Å². The molecule has 2 N–H and O–H groups in total. The number of likely N-dealkylation sites (tertiary alicyclic amines) is 1. The molecular formula is C16H23N3O.